The molecule has 1 N–H and O–H groups in total. The maximum Gasteiger partial charge on any atom is 0.337 e. The van der Waals surface area contributed by atoms with Crippen molar-refractivity contribution >= 4 is 40.8 Å². The van der Waals surface area contributed by atoms with Crippen LogP contribution < -0.4 is 5.32 Å². The highest BCUT2D eigenvalue weighted by Crippen LogP contribution is 2.24. The van der Waals surface area contributed by atoms with Crippen LogP contribution in [0.4, 0.5) is 5.69 Å². The summed E-state index contributed by atoms with van der Waals surface area (Å²) in [6, 6.07) is 15.4. The fourth-order valence-electron chi connectivity index (χ4n) is 3.34. The lowest BCUT2D eigenvalue weighted by Crippen LogP contribution is -2.37. The Hall–Kier alpha value is -3.26. The Labute approximate surface area is 180 Å². The van der Waals surface area contributed by atoms with Crippen molar-refractivity contribution in [2.45, 2.75) is 25.9 Å². The molecule has 0 saturated carbocycles. The number of methoxy groups -OCH3 is 1. The second-order valence-corrected chi connectivity index (χ2v) is 7.18. The van der Waals surface area contributed by atoms with Gasteiger partial charge in [0.05, 0.1) is 19.1 Å². The number of amides is 2. The predicted molar refractivity (Wildman–Crippen MR) is 117 cm³/mol. The molecule has 0 bridgehead atoms. The van der Waals surface area contributed by atoms with Crippen molar-refractivity contribution in [3.8, 4) is 0 Å². The van der Waals surface area contributed by atoms with Gasteiger partial charge >= 0.3 is 5.97 Å². The Morgan fingerprint density at radius 1 is 1.10 bits per heavy atom. The number of nitrogens with zero attached hydrogens (tertiary/aromatic N) is 2. The van der Waals surface area contributed by atoms with Gasteiger partial charge in [0.1, 0.15) is 6.04 Å². The smallest absolute Gasteiger partial charge is 0.337 e. The molecule has 1 fully saturated rings. The van der Waals surface area contributed by atoms with Gasteiger partial charge in [-0.2, -0.15) is 0 Å². The van der Waals surface area contributed by atoms with E-state index < -0.39 is 12.0 Å². The molecule has 30 heavy (non-hydrogen) atoms. The lowest BCUT2D eigenvalue weighted by molar-refractivity contribution is -0.130. The molecule has 1 aliphatic rings. The van der Waals surface area contributed by atoms with Crippen molar-refractivity contribution in [2.24, 2.45) is 0 Å². The molecule has 0 aromatic heterocycles. The fraction of sp³-hybridized carbons (Fsp3) is 0.273. The van der Waals surface area contributed by atoms with Crippen LogP contribution in [0.3, 0.4) is 0 Å². The summed E-state index contributed by atoms with van der Waals surface area (Å²) in [7, 11) is 1.31. The number of likely N-dealkylation sites (N-methyl/N-ethyl adjacent to an activating group) is 1. The molecular formula is C22H23N3O4S. The van der Waals surface area contributed by atoms with E-state index in [1.165, 1.54) is 12.0 Å². The first-order valence-corrected chi connectivity index (χ1v) is 9.99. The van der Waals surface area contributed by atoms with E-state index in [1.807, 2.05) is 37.3 Å². The number of benzene rings is 2. The van der Waals surface area contributed by atoms with Crippen molar-refractivity contribution in [1.29, 1.82) is 0 Å². The molecule has 3 rings (SSSR count). The average molecular weight is 426 g/mol. The molecule has 7 nitrogen and oxygen atoms in total. The van der Waals surface area contributed by atoms with Gasteiger partial charge in [-0.25, -0.2) is 4.79 Å². The molecule has 0 aliphatic carbocycles. The first-order valence-electron chi connectivity index (χ1n) is 9.58. The summed E-state index contributed by atoms with van der Waals surface area (Å²) in [5.74, 6) is -0.929. The number of carbonyl (C=O) groups is 3. The molecule has 1 aliphatic heterocycles. The molecule has 0 spiro atoms. The van der Waals surface area contributed by atoms with Crippen molar-refractivity contribution in [3.63, 3.8) is 0 Å². The highest BCUT2D eigenvalue weighted by atomic mass is 32.1. The number of nitrogens with one attached hydrogen (secondary N) is 1. The van der Waals surface area contributed by atoms with Crippen molar-refractivity contribution in [2.75, 3.05) is 19.0 Å². The molecule has 1 heterocycles. The number of ether oxygens (including phenoxy) is 1. The highest BCUT2D eigenvalue weighted by molar-refractivity contribution is 7.80. The minimum Gasteiger partial charge on any atom is -0.465 e. The van der Waals surface area contributed by atoms with E-state index in [9.17, 15) is 14.4 Å². The molecule has 156 valence electrons. The molecule has 1 atom stereocenters. The second kappa shape index (κ2) is 9.49. The van der Waals surface area contributed by atoms with Gasteiger partial charge in [0.25, 0.3) is 5.91 Å². The van der Waals surface area contributed by atoms with Crippen molar-refractivity contribution in [3.05, 3.63) is 65.7 Å². The van der Waals surface area contributed by atoms with E-state index in [1.54, 1.807) is 29.2 Å². The third kappa shape index (κ3) is 4.65. The fourth-order valence-corrected chi connectivity index (χ4v) is 3.75. The molecule has 8 heteroatoms. The number of thiocarbonyl (C=S) groups is 1. The Balaban J connectivity index is 1.71. The van der Waals surface area contributed by atoms with E-state index in [-0.39, 0.29) is 18.2 Å². The molecule has 0 unspecified atom stereocenters. The Morgan fingerprint density at radius 2 is 1.77 bits per heavy atom. The van der Waals surface area contributed by atoms with Gasteiger partial charge in [0, 0.05) is 18.8 Å². The quantitative estimate of drug-likeness (QED) is 0.543. The number of hydrogen-bond acceptors (Lipinski definition) is 5. The average Bonchev–Trinajstić information content (AvgIpc) is 2.97. The third-order valence-electron chi connectivity index (χ3n) is 4.88. The van der Waals surface area contributed by atoms with Crippen LogP contribution in [-0.4, -0.2) is 52.4 Å². The van der Waals surface area contributed by atoms with Gasteiger partial charge in [-0.05, 0) is 49.0 Å². The van der Waals surface area contributed by atoms with Crippen LogP contribution in [0, 0.1) is 0 Å². The van der Waals surface area contributed by atoms with Crippen LogP contribution in [0.1, 0.15) is 29.3 Å². The second-order valence-electron chi connectivity index (χ2n) is 6.82. The number of anilines is 1. The zero-order valence-corrected chi connectivity index (χ0v) is 17.6. The minimum absolute atomic E-state index is 0.0267. The first-order chi connectivity index (χ1) is 14.4. The van der Waals surface area contributed by atoms with Gasteiger partial charge < -0.3 is 15.0 Å². The van der Waals surface area contributed by atoms with Gasteiger partial charge in [-0.1, -0.05) is 30.3 Å². The summed E-state index contributed by atoms with van der Waals surface area (Å²) >= 11 is 5.50. The maximum absolute atomic E-state index is 12.9. The Morgan fingerprint density at radius 3 is 2.37 bits per heavy atom. The lowest BCUT2D eigenvalue weighted by atomic mass is 10.1. The topological polar surface area (TPSA) is 79.0 Å². The van der Waals surface area contributed by atoms with Crippen molar-refractivity contribution < 1.29 is 19.1 Å². The van der Waals surface area contributed by atoms with Crippen LogP contribution in [0.25, 0.3) is 0 Å². The molecule has 2 aromatic carbocycles. The number of rotatable bonds is 7. The number of carbonyl (C=O) groups excluding carboxylic acids is 3. The standard InChI is InChI=1S/C22H23N3O4S/c1-3-24-20(27)18(25(22(24)30)14-15-7-5-4-6-8-15)13-19(26)23-17-11-9-16(10-12-17)21(28)29-2/h4-12,18H,3,13-14H2,1-2H3,(H,23,26)/t18-/m1/s1. The summed E-state index contributed by atoms with van der Waals surface area (Å²) < 4.78 is 4.66. The van der Waals surface area contributed by atoms with E-state index in [2.05, 4.69) is 10.1 Å². The summed E-state index contributed by atoms with van der Waals surface area (Å²) in [5, 5.41) is 3.21. The summed E-state index contributed by atoms with van der Waals surface area (Å²) in [4.78, 5) is 40.3. The van der Waals surface area contributed by atoms with Gasteiger partial charge in [0.15, 0.2) is 5.11 Å². The number of esters is 1. The van der Waals surface area contributed by atoms with E-state index >= 15 is 0 Å². The first kappa shape index (κ1) is 21.4. The lowest BCUT2D eigenvalue weighted by Gasteiger charge is -2.23. The maximum atomic E-state index is 12.9. The van der Waals surface area contributed by atoms with Crippen LogP contribution in [0.2, 0.25) is 0 Å². The van der Waals surface area contributed by atoms with Gasteiger partial charge in [-0.3, -0.25) is 14.5 Å². The van der Waals surface area contributed by atoms with E-state index in [0.717, 1.165) is 5.56 Å². The Kier molecular flexibility index (Phi) is 6.79. The predicted octanol–water partition coefficient (Wildman–Crippen LogP) is 2.82. The zero-order chi connectivity index (χ0) is 21.7. The molecule has 1 saturated heterocycles. The van der Waals surface area contributed by atoms with Crippen LogP contribution in [0.15, 0.2) is 54.6 Å². The molecule has 0 radical (unpaired) electrons. The monoisotopic (exact) mass is 425 g/mol. The largest absolute Gasteiger partial charge is 0.465 e. The van der Waals surface area contributed by atoms with Crippen LogP contribution >= 0.6 is 12.2 Å². The SMILES string of the molecule is CCN1C(=O)[C@@H](CC(=O)Nc2ccc(C(=O)OC)cc2)N(Cc2ccccc2)C1=S. The van der Waals surface area contributed by atoms with Crippen LogP contribution in [-0.2, 0) is 20.9 Å². The van der Waals surface area contributed by atoms with E-state index in [0.29, 0.717) is 29.5 Å². The van der Waals surface area contributed by atoms with Crippen molar-refractivity contribution in [1.82, 2.24) is 9.80 Å². The van der Waals surface area contributed by atoms with Crippen LogP contribution in [0.5, 0.6) is 0 Å². The minimum atomic E-state index is -0.660. The summed E-state index contributed by atoms with van der Waals surface area (Å²) in [5.41, 5.74) is 1.93. The van der Waals surface area contributed by atoms with Gasteiger partial charge in [0.2, 0.25) is 5.91 Å². The summed E-state index contributed by atoms with van der Waals surface area (Å²) in [6.45, 7) is 2.76. The van der Waals surface area contributed by atoms with E-state index in [4.69, 9.17) is 12.2 Å². The summed E-state index contributed by atoms with van der Waals surface area (Å²) in [6.07, 6.45) is -0.0267. The Bertz CT molecular complexity index is 947. The molecular weight excluding hydrogens is 402 g/mol. The molecule has 2 aromatic rings. The zero-order valence-electron chi connectivity index (χ0n) is 16.8. The number of hydrogen-bond donors (Lipinski definition) is 1. The van der Waals surface area contributed by atoms with Gasteiger partial charge in [-0.15, -0.1) is 0 Å². The highest BCUT2D eigenvalue weighted by Gasteiger charge is 2.42. The normalized spacial score (nSPS) is 16.0. The molecule has 2 amide bonds. The third-order valence-corrected chi connectivity index (χ3v) is 5.34.